The van der Waals surface area contributed by atoms with E-state index in [2.05, 4.69) is 23.4 Å². The molecule has 0 aliphatic carbocycles. The van der Waals surface area contributed by atoms with Crippen molar-refractivity contribution >= 4 is 28.6 Å². The lowest BCUT2D eigenvalue weighted by atomic mass is 10.2. The average molecular weight is 253 g/mol. The summed E-state index contributed by atoms with van der Waals surface area (Å²) in [6, 6.07) is 20.3. The van der Waals surface area contributed by atoms with Gasteiger partial charge in [-0.2, -0.15) is 0 Å². The van der Waals surface area contributed by atoms with E-state index in [1.807, 2.05) is 60.8 Å². The summed E-state index contributed by atoms with van der Waals surface area (Å²) in [4.78, 5) is 5.62. The van der Waals surface area contributed by atoms with E-state index in [9.17, 15) is 0 Å². The monoisotopic (exact) mass is 253 g/mol. The maximum Gasteiger partial charge on any atom is 0.0629 e. The molecule has 2 aromatic rings. The predicted octanol–water partition coefficient (Wildman–Crippen LogP) is 4.79. The van der Waals surface area contributed by atoms with E-state index in [1.165, 1.54) is 10.5 Å². The van der Waals surface area contributed by atoms with E-state index in [-0.39, 0.29) is 0 Å². The maximum atomic E-state index is 4.40. The number of aliphatic imine (C=N–C) groups is 1. The fourth-order valence-electron chi connectivity index (χ4n) is 1.59. The lowest BCUT2D eigenvalue weighted by molar-refractivity contribution is 1.54. The zero-order valence-corrected chi connectivity index (χ0v) is 11.1. The van der Waals surface area contributed by atoms with Gasteiger partial charge in [-0.15, -0.1) is 11.8 Å². The first-order valence-electron chi connectivity index (χ1n) is 5.79. The highest BCUT2D eigenvalue weighted by molar-refractivity contribution is 8.07. The molecule has 18 heavy (non-hydrogen) atoms. The first kappa shape index (κ1) is 12.7. The Morgan fingerprint density at radius 2 is 1.56 bits per heavy atom. The molecule has 1 nitrogen and oxygen atoms in total. The molecule has 0 atom stereocenters. The highest BCUT2D eigenvalue weighted by Crippen LogP contribution is 2.24. The van der Waals surface area contributed by atoms with Gasteiger partial charge in [0.1, 0.15) is 0 Å². The molecule has 0 saturated carbocycles. The quantitative estimate of drug-likeness (QED) is 0.713. The minimum absolute atomic E-state index is 0.974. The second-order valence-electron chi connectivity index (χ2n) is 3.71. The molecule has 90 valence electrons. The Hall–Kier alpha value is -1.80. The molecule has 0 aliphatic rings. The number of benzene rings is 2. The lowest BCUT2D eigenvalue weighted by Gasteiger charge is -2.01. The van der Waals surface area contributed by atoms with Crippen molar-refractivity contribution in [2.45, 2.75) is 0 Å². The Morgan fingerprint density at radius 1 is 0.944 bits per heavy atom. The molecule has 0 N–H and O–H groups in total. The second kappa shape index (κ2) is 6.82. The number of allylic oxidation sites excluding steroid dienone is 1. The van der Waals surface area contributed by atoms with Gasteiger partial charge in [0.2, 0.25) is 0 Å². The second-order valence-corrected chi connectivity index (χ2v) is 4.56. The molecule has 0 amide bonds. The number of nitrogens with zero attached hydrogens (tertiary/aromatic N) is 1. The molecular formula is C16H15NS. The Bertz CT molecular complexity index is 530. The fraction of sp³-hybridized carbons (Fsp3) is 0.0625. The number of thioether (sulfide) groups is 1. The Morgan fingerprint density at radius 3 is 2.17 bits per heavy atom. The third-order valence-electron chi connectivity index (χ3n) is 2.48. The van der Waals surface area contributed by atoms with Gasteiger partial charge in [0, 0.05) is 11.1 Å². The summed E-state index contributed by atoms with van der Waals surface area (Å²) in [5.74, 6) is 0. The number of rotatable bonds is 4. The van der Waals surface area contributed by atoms with Crippen LogP contribution in [-0.2, 0) is 0 Å². The molecule has 0 fully saturated rings. The lowest BCUT2D eigenvalue weighted by Crippen LogP contribution is -1.79. The topological polar surface area (TPSA) is 12.4 Å². The van der Waals surface area contributed by atoms with Crippen LogP contribution in [0.5, 0.6) is 0 Å². The smallest absolute Gasteiger partial charge is 0.0629 e. The van der Waals surface area contributed by atoms with Crippen LogP contribution < -0.4 is 0 Å². The summed E-state index contributed by atoms with van der Waals surface area (Å²) in [6.45, 7) is 0. The minimum Gasteiger partial charge on any atom is -0.257 e. The SMILES string of the molecule is CSC(=CC=Nc1ccccc1)c1ccccc1. The molecule has 0 spiro atoms. The zero-order chi connectivity index (χ0) is 12.6. The first-order chi connectivity index (χ1) is 8.90. The Kier molecular flexibility index (Phi) is 4.79. The van der Waals surface area contributed by atoms with Crippen LogP contribution in [0.1, 0.15) is 5.56 Å². The van der Waals surface area contributed by atoms with Crippen molar-refractivity contribution in [2.75, 3.05) is 6.26 Å². The van der Waals surface area contributed by atoms with Crippen LogP contribution in [0.2, 0.25) is 0 Å². The molecule has 0 bridgehead atoms. The molecule has 0 unspecified atom stereocenters. The van der Waals surface area contributed by atoms with Crippen molar-refractivity contribution in [3.8, 4) is 0 Å². The summed E-state index contributed by atoms with van der Waals surface area (Å²) in [7, 11) is 0. The minimum atomic E-state index is 0.974. The molecule has 0 heterocycles. The summed E-state index contributed by atoms with van der Waals surface area (Å²) in [5, 5.41) is 0. The molecule has 0 aliphatic heterocycles. The van der Waals surface area contributed by atoms with Crippen molar-refractivity contribution < 1.29 is 0 Å². The molecule has 2 rings (SSSR count). The molecule has 2 heteroatoms. The largest absolute Gasteiger partial charge is 0.257 e. The average Bonchev–Trinajstić information content (AvgIpc) is 2.46. The van der Waals surface area contributed by atoms with Crippen molar-refractivity contribution in [2.24, 2.45) is 4.99 Å². The highest BCUT2D eigenvalue weighted by atomic mass is 32.2. The van der Waals surface area contributed by atoms with Gasteiger partial charge in [-0.05, 0) is 30.0 Å². The van der Waals surface area contributed by atoms with E-state index in [0.29, 0.717) is 0 Å². The van der Waals surface area contributed by atoms with Gasteiger partial charge in [0.15, 0.2) is 0 Å². The first-order valence-corrected chi connectivity index (χ1v) is 7.01. The van der Waals surface area contributed by atoms with Crippen molar-refractivity contribution in [3.63, 3.8) is 0 Å². The van der Waals surface area contributed by atoms with Crippen molar-refractivity contribution in [1.29, 1.82) is 0 Å². The van der Waals surface area contributed by atoms with Crippen LogP contribution in [0.25, 0.3) is 4.91 Å². The summed E-state index contributed by atoms with van der Waals surface area (Å²) < 4.78 is 0. The predicted molar refractivity (Wildman–Crippen MR) is 82.5 cm³/mol. The van der Waals surface area contributed by atoms with Crippen molar-refractivity contribution in [1.82, 2.24) is 0 Å². The molecule has 0 saturated heterocycles. The van der Waals surface area contributed by atoms with Gasteiger partial charge in [-0.3, -0.25) is 4.99 Å². The Balaban J connectivity index is 2.14. The Labute approximate surface area is 112 Å². The normalized spacial score (nSPS) is 11.9. The molecular weight excluding hydrogens is 238 g/mol. The van der Waals surface area contributed by atoms with Gasteiger partial charge in [-0.1, -0.05) is 48.5 Å². The van der Waals surface area contributed by atoms with Gasteiger partial charge in [0.05, 0.1) is 5.69 Å². The molecule has 0 aromatic heterocycles. The summed E-state index contributed by atoms with van der Waals surface area (Å²) in [5.41, 5.74) is 2.20. The third-order valence-corrected chi connectivity index (χ3v) is 3.30. The number of hydrogen-bond acceptors (Lipinski definition) is 2. The van der Waals surface area contributed by atoms with Crippen LogP contribution in [0.4, 0.5) is 5.69 Å². The summed E-state index contributed by atoms with van der Waals surface area (Å²) >= 11 is 1.73. The summed E-state index contributed by atoms with van der Waals surface area (Å²) in [6.07, 6.45) is 5.98. The molecule has 2 aromatic carbocycles. The van der Waals surface area contributed by atoms with Crippen LogP contribution in [0.15, 0.2) is 71.7 Å². The van der Waals surface area contributed by atoms with E-state index in [4.69, 9.17) is 0 Å². The van der Waals surface area contributed by atoms with Crippen molar-refractivity contribution in [3.05, 3.63) is 72.3 Å². The number of para-hydroxylation sites is 1. The highest BCUT2D eigenvalue weighted by Gasteiger charge is 1.96. The zero-order valence-electron chi connectivity index (χ0n) is 10.3. The van der Waals surface area contributed by atoms with Gasteiger partial charge < -0.3 is 0 Å². The van der Waals surface area contributed by atoms with E-state index >= 15 is 0 Å². The van der Waals surface area contributed by atoms with E-state index in [1.54, 1.807) is 11.8 Å². The van der Waals surface area contributed by atoms with E-state index in [0.717, 1.165) is 5.69 Å². The number of hydrogen-bond donors (Lipinski definition) is 0. The maximum absolute atomic E-state index is 4.40. The van der Waals surface area contributed by atoms with Crippen LogP contribution in [-0.4, -0.2) is 12.5 Å². The fourth-order valence-corrected chi connectivity index (χ4v) is 2.16. The van der Waals surface area contributed by atoms with Gasteiger partial charge >= 0.3 is 0 Å². The standard InChI is InChI=1S/C16H15NS/c1-18-16(14-8-4-2-5-9-14)12-13-17-15-10-6-3-7-11-15/h2-13H,1H3. The molecule has 0 radical (unpaired) electrons. The third kappa shape index (κ3) is 3.60. The van der Waals surface area contributed by atoms with Crippen LogP contribution in [0.3, 0.4) is 0 Å². The van der Waals surface area contributed by atoms with Crippen LogP contribution in [0, 0.1) is 0 Å². The van der Waals surface area contributed by atoms with Gasteiger partial charge in [-0.25, -0.2) is 0 Å². The van der Waals surface area contributed by atoms with E-state index < -0.39 is 0 Å². The van der Waals surface area contributed by atoms with Crippen LogP contribution >= 0.6 is 11.8 Å². The van der Waals surface area contributed by atoms with Gasteiger partial charge in [0.25, 0.3) is 0 Å².